The lowest BCUT2D eigenvalue weighted by Crippen LogP contribution is -2.05. The fourth-order valence-corrected chi connectivity index (χ4v) is 2.43. The Hall–Kier alpha value is -3.13. The molecule has 114 valence electrons. The molecule has 0 aliphatic heterocycles. The molecule has 5 nitrogen and oxygen atoms in total. The predicted molar refractivity (Wildman–Crippen MR) is 89.2 cm³/mol. The van der Waals surface area contributed by atoms with E-state index >= 15 is 0 Å². The van der Waals surface area contributed by atoms with Crippen molar-refractivity contribution in [3.05, 3.63) is 59.9 Å². The quantitative estimate of drug-likeness (QED) is 0.707. The molecular weight excluding hydrogens is 288 g/mol. The number of phenols is 1. The summed E-state index contributed by atoms with van der Waals surface area (Å²) in [5, 5.41) is 22.5. The number of phenolic OH excluding ortho intramolecular Hbond substituents is 1. The molecule has 5 heteroatoms. The Bertz CT molecular complexity index is 853. The molecule has 0 bridgehead atoms. The number of rotatable bonds is 5. The normalized spacial score (nSPS) is 10.4. The second kappa shape index (κ2) is 6.75. The molecule has 3 aromatic rings. The number of fused-ring (bicyclic) bond motifs is 1. The fraction of sp³-hybridized carbons (Fsp3) is 0.167. The largest absolute Gasteiger partial charge is 0.508 e. The first-order valence-electron chi connectivity index (χ1n) is 7.43. The second-order valence-electron chi connectivity index (χ2n) is 5.26. The zero-order chi connectivity index (χ0) is 16.1. The van der Waals surface area contributed by atoms with Crippen LogP contribution in [0.15, 0.2) is 48.8 Å². The monoisotopic (exact) mass is 304 g/mol. The molecule has 0 spiro atoms. The van der Waals surface area contributed by atoms with Crippen molar-refractivity contribution >= 4 is 16.7 Å². The lowest BCUT2D eigenvalue weighted by Gasteiger charge is -2.08. The van der Waals surface area contributed by atoms with Gasteiger partial charge in [0.15, 0.2) is 0 Å². The molecular formula is C18H16N4O. The molecule has 0 fully saturated rings. The van der Waals surface area contributed by atoms with Gasteiger partial charge in [0.1, 0.15) is 17.9 Å². The number of nitriles is 1. The zero-order valence-electron chi connectivity index (χ0n) is 12.5. The van der Waals surface area contributed by atoms with Gasteiger partial charge in [0.2, 0.25) is 0 Å². The first-order valence-corrected chi connectivity index (χ1v) is 7.43. The number of nitrogens with zero attached hydrogens (tertiary/aromatic N) is 3. The second-order valence-corrected chi connectivity index (χ2v) is 5.26. The van der Waals surface area contributed by atoms with Crippen LogP contribution in [-0.2, 0) is 6.42 Å². The number of hydrogen-bond acceptors (Lipinski definition) is 5. The van der Waals surface area contributed by atoms with E-state index in [0.29, 0.717) is 5.56 Å². The molecule has 0 saturated heterocycles. The van der Waals surface area contributed by atoms with Crippen LogP contribution in [0.2, 0.25) is 0 Å². The van der Waals surface area contributed by atoms with E-state index in [-0.39, 0.29) is 5.75 Å². The number of hydrogen-bond donors (Lipinski definition) is 2. The lowest BCUT2D eigenvalue weighted by atomic mass is 10.1. The summed E-state index contributed by atoms with van der Waals surface area (Å²) in [5.41, 5.74) is 2.60. The van der Waals surface area contributed by atoms with Gasteiger partial charge in [-0.15, -0.1) is 0 Å². The smallest absolute Gasteiger partial charge is 0.137 e. The van der Waals surface area contributed by atoms with Crippen molar-refractivity contribution in [3.63, 3.8) is 0 Å². The van der Waals surface area contributed by atoms with Crippen molar-refractivity contribution < 1.29 is 5.11 Å². The van der Waals surface area contributed by atoms with Crippen LogP contribution in [0.3, 0.4) is 0 Å². The van der Waals surface area contributed by atoms with Crippen LogP contribution < -0.4 is 5.32 Å². The standard InChI is InChI=1S/C18H16N4O/c19-11-14-5-8-17-16(10-14)18(22-12-21-17)20-9-1-2-13-3-6-15(23)7-4-13/h3-8,10,12,23H,1-2,9H2,(H,20,21,22). The summed E-state index contributed by atoms with van der Waals surface area (Å²) >= 11 is 0. The average molecular weight is 304 g/mol. The van der Waals surface area contributed by atoms with Crippen molar-refractivity contribution in [3.8, 4) is 11.8 Å². The van der Waals surface area contributed by atoms with Gasteiger partial charge in [0.05, 0.1) is 17.1 Å². The first kappa shape index (κ1) is 14.8. The summed E-state index contributed by atoms with van der Waals surface area (Å²) < 4.78 is 0. The van der Waals surface area contributed by atoms with Crippen LogP contribution in [0.1, 0.15) is 17.5 Å². The minimum absolute atomic E-state index is 0.285. The van der Waals surface area contributed by atoms with Gasteiger partial charge in [0.25, 0.3) is 0 Å². The Morgan fingerprint density at radius 2 is 1.91 bits per heavy atom. The van der Waals surface area contributed by atoms with Gasteiger partial charge < -0.3 is 10.4 Å². The highest BCUT2D eigenvalue weighted by molar-refractivity contribution is 5.89. The summed E-state index contributed by atoms with van der Waals surface area (Å²) in [6, 6.07) is 14.8. The van der Waals surface area contributed by atoms with Gasteiger partial charge in [-0.3, -0.25) is 0 Å². The van der Waals surface area contributed by atoms with Crippen molar-refractivity contribution in [1.82, 2.24) is 9.97 Å². The van der Waals surface area contributed by atoms with Gasteiger partial charge in [-0.2, -0.15) is 5.26 Å². The van der Waals surface area contributed by atoms with E-state index in [1.807, 2.05) is 18.2 Å². The highest BCUT2D eigenvalue weighted by Crippen LogP contribution is 2.20. The predicted octanol–water partition coefficient (Wildman–Crippen LogP) is 3.25. The highest BCUT2D eigenvalue weighted by atomic mass is 16.3. The van der Waals surface area contributed by atoms with E-state index in [1.54, 1.807) is 24.3 Å². The molecule has 1 aromatic heterocycles. The molecule has 0 atom stereocenters. The molecule has 0 aliphatic carbocycles. The van der Waals surface area contributed by atoms with Gasteiger partial charge in [0, 0.05) is 11.9 Å². The van der Waals surface area contributed by atoms with E-state index in [2.05, 4.69) is 21.4 Å². The van der Waals surface area contributed by atoms with Gasteiger partial charge >= 0.3 is 0 Å². The third kappa shape index (κ3) is 3.55. The zero-order valence-corrected chi connectivity index (χ0v) is 12.5. The van der Waals surface area contributed by atoms with Crippen molar-refractivity contribution in [2.75, 3.05) is 11.9 Å². The Morgan fingerprint density at radius 1 is 1.09 bits per heavy atom. The van der Waals surface area contributed by atoms with E-state index < -0.39 is 0 Å². The van der Waals surface area contributed by atoms with Crippen molar-refractivity contribution in [1.29, 1.82) is 5.26 Å². The number of anilines is 1. The first-order chi connectivity index (χ1) is 11.3. The van der Waals surface area contributed by atoms with Gasteiger partial charge in [-0.25, -0.2) is 9.97 Å². The minimum atomic E-state index is 0.285. The van der Waals surface area contributed by atoms with Gasteiger partial charge in [-0.1, -0.05) is 12.1 Å². The van der Waals surface area contributed by atoms with E-state index in [0.717, 1.165) is 36.1 Å². The van der Waals surface area contributed by atoms with Crippen LogP contribution in [-0.4, -0.2) is 21.6 Å². The number of aromatic nitrogens is 2. The topological polar surface area (TPSA) is 81.8 Å². The molecule has 2 N–H and O–H groups in total. The molecule has 23 heavy (non-hydrogen) atoms. The van der Waals surface area contributed by atoms with Crippen molar-refractivity contribution in [2.24, 2.45) is 0 Å². The van der Waals surface area contributed by atoms with E-state index in [4.69, 9.17) is 5.26 Å². The maximum absolute atomic E-state index is 9.27. The average Bonchev–Trinajstić information content (AvgIpc) is 2.60. The molecule has 0 radical (unpaired) electrons. The Balaban J connectivity index is 1.65. The summed E-state index contributed by atoms with van der Waals surface area (Å²) in [7, 11) is 0. The van der Waals surface area contributed by atoms with Crippen LogP contribution in [0, 0.1) is 11.3 Å². The summed E-state index contributed by atoms with van der Waals surface area (Å²) in [6.45, 7) is 0.768. The SMILES string of the molecule is N#Cc1ccc2ncnc(NCCCc3ccc(O)cc3)c2c1. The summed E-state index contributed by atoms with van der Waals surface area (Å²) in [6.07, 6.45) is 3.38. The minimum Gasteiger partial charge on any atom is -0.508 e. The molecule has 0 aliphatic rings. The fourth-order valence-electron chi connectivity index (χ4n) is 2.43. The molecule has 0 saturated carbocycles. The molecule has 2 aromatic carbocycles. The lowest BCUT2D eigenvalue weighted by molar-refractivity contribution is 0.475. The third-order valence-corrected chi connectivity index (χ3v) is 3.64. The van der Waals surface area contributed by atoms with Crippen LogP contribution in [0.4, 0.5) is 5.82 Å². The Morgan fingerprint density at radius 3 is 2.70 bits per heavy atom. The summed E-state index contributed by atoms with van der Waals surface area (Å²) in [5.74, 6) is 1.03. The molecule has 0 unspecified atom stereocenters. The van der Waals surface area contributed by atoms with E-state index in [1.165, 1.54) is 11.9 Å². The Labute approximate surface area is 134 Å². The number of aryl methyl sites for hydroxylation is 1. The maximum Gasteiger partial charge on any atom is 0.137 e. The van der Waals surface area contributed by atoms with Gasteiger partial charge in [-0.05, 0) is 48.7 Å². The summed E-state index contributed by atoms with van der Waals surface area (Å²) in [4.78, 5) is 8.49. The van der Waals surface area contributed by atoms with E-state index in [9.17, 15) is 5.11 Å². The number of nitrogens with one attached hydrogen (secondary N) is 1. The molecule has 3 rings (SSSR count). The molecule has 0 amide bonds. The van der Waals surface area contributed by atoms with Crippen LogP contribution in [0.25, 0.3) is 10.9 Å². The third-order valence-electron chi connectivity index (χ3n) is 3.64. The number of benzene rings is 2. The molecule has 1 heterocycles. The van der Waals surface area contributed by atoms with Crippen LogP contribution >= 0.6 is 0 Å². The number of aromatic hydroxyl groups is 1. The maximum atomic E-state index is 9.27. The highest BCUT2D eigenvalue weighted by Gasteiger charge is 2.04. The Kier molecular flexibility index (Phi) is 4.34. The van der Waals surface area contributed by atoms with Crippen LogP contribution in [0.5, 0.6) is 5.75 Å². The van der Waals surface area contributed by atoms with Crippen molar-refractivity contribution in [2.45, 2.75) is 12.8 Å².